The van der Waals surface area contributed by atoms with Crippen molar-refractivity contribution in [1.82, 2.24) is 35.0 Å². The predicted octanol–water partition coefficient (Wildman–Crippen LogP) is 5.95. The van der Waals surface area contributed by atoms with Crippen molar-refractivity contribution in [2.75, 3.05) is 48.3 Å². The first-order valence-electron chi connectivity index (χ1n) is 22.3. The van der Waals surface area contributed by atoms with Gasteiger partial charge in [0.1, 0.15) is 11.9 Å². The normalized spacial score (nSPS) is 21.4. The fourth-order valence-corrected chi connectivity index (χ4v) is 10.1. The van der Waals surface area contributed by atoms with E-state index in [0.717, 1.165) is 90.9 Å². The Balaban J connectivity index is 0.699. The van der Waals surface area contributed by atoms with Gasteiger partial charge in [-0.3, -0.25) is 49.0 Å². The van der Waals surface area contributed by atoms with E-state index in [4.69, 9.17) is 0 Å². The fraction of sp³-hybridized carbons (Fsp3) is 0.347. The number of hydrogen-bond acceptors (Lipinski definition) is 12. The molecule has 3 N–H and O–H groups in total. The number of halogens is 1. The number of carbonyl (C=O) groups is 5. The van der Waals surface area contributed by atoms with E-state index in [2.05, 4.69) is 40.7 Å². The largest absolute Gasteiger partial charge is 0.366 e. The number of nitrogens with zero attached hydrogens (tertiary/aromatic N) is 7. The van der Waals surface area contributed by atoms with Gasteiger partial charge in [0, 0.05) is 85.8 Å². The summed E-state index contributed by atoms with van der Waals surface area (Å²) in [7, 11) is 0. The average Bonchev–Trinajstić information content (AvgIpc) is 3.67. The van der Waals surface area contributed by atoms with Gasteiger partial charge in [-0.15, -0.1) is 0 Å². The van der Waals surface area contributed by atoms with Crippen LogP contribution in [-0.2, 0) is 16.1 Å². The lowest BCUT2D eigenvalue weighted by molar-refractivity contribution is -0.136. The number of likely N-dealkylation sites (tertiary alicyclic amines) is 1. The van der Waals surface area contributed by atoms with Gasteiger partial charge in [0.05, 0.1) is 22.5 Å². The number of amides is 5. The summed E-state index contributed by atoms with van der Waals surface area (Å²) in [6, 6.07) is 21.2. The average molecular weight is 877 g/mol. The zero-order valence-electron chi connectivity index (χ0n) is 36.0. The molecule has 332 valence electrons. The van der Waals surface area contributed by atoms with Crippen molar-refractivity contribution in [3.8, 4) is 11.3 Å². The van der Waals surface area contributed by atoms with E-state index in [-0.39, 0.29) is 42.0 Å². The summed E-state index contributed by atoms with van der Waals surface area (Å²) in [5, 5.41) is 8.53. The van der Waals surface area contributed by atoms with Gasteiger partial charge in [-0.1, -0.05) is 18.2 Å². The first kappa shape index (κ1) is 42.1. The van der Waals surface area contributed by atoms with Gasteiger partial charge < -0.3 is 15.5 Å². The summed E-state index contributed by atoms with van der Waals surface area (Å²) in [5.74, 6) is -2.24. The van der Waals surface area contributed by atoms with Crippen LogP contribution < -0.4 is 20.9 Å². The second kappa shape index (κ2) is 17.6. The molecule has 7 heterocycles. The van der Waals surface area contributed by atoms with Crippen LogP contribution in [-0.4, -0.2) is 110 Å². The Labute approximate surface area is 375 Å². The molecule has 2 bridgehead atoms. The van der Waals surface area contributed by atoms with Crippen LogP contribution in [0.5, 0.6) is 0 Å². The van der Waals surface area contributed by atoms with Crippen molar-refractivity contribution < 1.29 is 28.4 Å². The zero-order valence-corrected chi connectivity index (χ0v) is 36.0. The van der Waals surface area contributed by atoms with Crippen molar-refractivity contribution in [1.29, 1.82) is 0 Å². The highest BCUT2D eigenvalue weighted by molar-refractivity contribution is 6.23. The highest BCUT2D eigenvalue weighted by atomic mass is 19.1. The number of nitrogens with one attached hydrogen (secondary N) is 3. The highest BCUT2D eigenvalue weighted by Gasteiger charge is 2.46. The van der Waals surface area contributed by atoms with E-state index in [1.54, 1.807) is 18.6 Å². The van der Waals surface area contributed by atoms with Gasteiger partial charge in [0.25, 0.3) is 17.7 Å². The van der Waals surface area contributed by atoms with E-state index >= 15 is 4.39 Å². The molecule has 0 saturated carbocycles. The van der Waals surface area contributed by atoms with Crippen LogP contribution in [0.2, 0.25) is 0 Å². The number of piperidine rings is 2. The Kier molecular flexibility index (Phi) is 11.4. The topological polar surface area (TPSA) is 173 Å². The minimum atomic E-state index is -1.10. The molecule has 3 aromatic carbocycles. The first-order valence-corrected chi connectivity index (χ1v) is 22.3. The summed E-state index contributed by atoms with van der Waals surface area (Å²) in [6.07, 6.45) is 9.43. The molecule has 10 rings (SSSR count). The van der Waals surface area contributed by atoms with E-state index in [1.165, 1.54) is 6.07 Å². The monoisotopic (exact) mass is 876 g/mol. The molecular formula is C49H49FN10O5. The number of piperazine rings is 1. The number of rotatable bonds is 11. The van der Waals surface area contributed by atoms with Crippen LogP contribution in [0.3, 0.4) is 0 Å². The molecule has 5 aliphatic heterocycles. The van der Waals surface area contributed by atoms with E-state index < -0.39 is 35.5 Å². The molecule has 5 aliphatic rings. The van der Waals surface area contributed by atoms with Gasteiger partial charge in [0.2, 0.25) is 17.8 Å². The molecule has 4 saturated heterocycles. The summed E-state index contributed by atoms with van der Waals surface area (Å²) in [6.45, 7) is 6.99. The number of imide groups is 2. The number of benzene rings is 3. The van der Waals surface area contributed by atoms with Crippen molar-refractivity contribution in [3.63, 3.8) is 0 Å². The maximum atomic E-state index is 15.7. The first-order chi connectivity index (χ1) is 31.5. The Hall–Kier alpha value is -6.91. The standard InChI is InChI=1S/C49H49FN10O5/c1-29-4-9-34(21-41(29)55-49-52-18-14-40(54-49)33-3-2-17-51-24-33)53-45(62)32-7-5-30(6-8-32)25-57-19-15-31(16-20-57)26-59-35-10-11-36(59)28-58(27-35)43-23-38-37(22-39(43)50)47(64)60(48(38)65)42-12-13-44(61)56-46(42)63/h2-9,14,17-18,21-24,31,35-36,42H,10-13,15-16,19-20,25-28H2,1H3,(H,53,62)(H,52,54,55)(H,56,61,63). The van der Waals surface area contributed by atoms with E-state index in [0.29, 0.717) is 41.9 Å². The molecule has 5 amide bonds. The van der Waals surface area contributed by atoms with Crippen LogP contribution in [0.4, 0.5) is 27.4 Å². The van der Waals surface area contributed by atoms with E-state index in [9.17, 15) is 24.0 Å². The molecule has 4 fully saturated rings. The maximum Gasteiger partial charge on any atom is 0.262 e. The Morgan fingerprint density at radius 2 is 1.62 bits per heavy atom. The number of aryl methyl sites for hydroxylation is 1. The lowest BCUT2D eigenvalue weighted by Crippen LogP contribution is -2.55. The van der Waals surface area contributed by atoms with Crippen molar-refractivity contribution in [3.05, 3.63) is 125 Å². The molecule has 0 aliphatic carbocycles. The van der Waals surface area contributed by atoms with Crippen LogP contribution in [0, 0.1) is 18.7 Å². The second-order valence-electron chi connectivity index (χ2n) is 17.8. The lowest BCUT2D eigenvalue weighted by atomic mass is 9.94. The molecule has 2 aromatic heterocycles. The highest BCUT2D eigenvalue weighted by Crippen LogP contribution is 2.38. The Bertz CT molecular complexity index is 2680. The number of anilines is 4. The molecule has 15 nitrogen and oxygen atoms in total. The molecule has 5 aromatic rings. The molecule has 0 radical (unpaired) electrons. The molecular weight excluding hydrogens is 828 g/mol. The number of aromatic nitrogens is 3. The summed E-state index contributed by atoms with van der Waals surface area (Å²) in [5.41, 5.74) is 6.13. The number of carbonyl (C=O) groups excluding carboxylic acids is 5. The van der Waals surface area contributed by atoms with Gasteiger partial charge in [-0.25, -0.2) is 14.4 Å². The van der Waals surface area contributed by atoms with Crippen LogP contribution in [0.25, 0.3) is 11.3 Å². The molecule has 0 spiro atoms. The minimum Gasteiger partial charge on any atom is -0.366 e. The predicted molar refractivity (Wildman–Crippen MR) is 241 cm³/mol. The van der Waals surface area contributed by atoms with Crippen molar-refractivity contribution in [2.45, 2.75) is 70.1 Å². The van der Waals surface area contributed by atoms with Gasteiger partial charge in [-0.2, -0.15) is 0 Å². The van der Waals surface area contributed by atoms with Gasteiger partial charge in [-0.05, 0) is 124 Å². The SMILES string of the molecule is Cc1ccc(NC(=O)c2ccc(CN3CCC(CN4C5CCC4CN(c4cc6c(cc4F)C(=O)N(C4CCC(=O)NC4=O)C6=O)C5)CC3)cc2)cc1Nc1nccc(-c2cccnc2)n1. The molecule has 65 heavy (non-hydrogen) atoms. The third-order valence-electron chi connectivity index (χ3n) is 13.6. The van der Waals surface area contributed by atoms with Gasteiger partial charge in [0.15, 0.2) is 0 Å². The maximum absolute atomic E-state index is 15.7. The minimum absolute atomic E-state index is 0.0213. The third-order valence-corrected chi connectivity index (χ3v) is 13.6. The fourth-order valence-electron chi connectivity index (χ4n) is 10.1. The smallest absolute Gasteiger partial charge is 0.262 e. The number of pyridine rings is 1. The summed E-state index contributed by atoms with van der Waals surface area (Å²) >= 11 is 0. The third kappa shape index (κ3) is 8.58. The van der Waals surface area contributed by atoms with Crippen molar-refractivity contribution in [2.24, 2.45) is 5.92 Å². The van der Waals surface area contributed by atoms with Crippen LogP contribution in [0.15, 0.2) is 91.4 Å². The Morgan fingerprint density at radius 1 is 0.862 bits per heavy atom. The quantitative estimate of drug-likeness (QED) is 0.134. The van der Waals surface area contributed by atoms with Gasteiger partial charge >= 0.3 is 0 Å². The lowest BCUT2D eigenvalue weighted by Gasteiger charge is -2.44. The number of hydrogen-bond donors (Lipinski definition) is 3. The zero-order chi connectivity index (χ0) is 44.8. The second-order valence-corrected chi connectivity index (χ2v) is 17.8. The number of fused-ring (bicyclic) bond motifs is 3. The van der Waals surface area contributed by atoms with Crippen molar-refractivity contribution >= 4 is 52.5 Å². The van der Waals surface area contributed by atoms with Crippen LogP contribution >= 0.6 is 0 Å². The molecule has 3 atom stereocenters. The van der Waals surface area contributed by atoms with Crippen LogP contribution in [0.1, 0.15) is 80.7 Å². The van der Waals surface area contributed by atoms with E-state index in [1.807, 2.05) is 72.5 Å². The summed E-state index contributed by atoms with van der Waals surface area (Å²) < 4.78 is 15.7. The molecule has 3 unspecified atom stereocenters. The molecule has 16 heteroatoms. The Morgan fingerprint density at radius 3 is 2.34 bits per heavy atom. The summed E-state index contributed by atoms with van der Waals surface area (Å²) in [4.78, 5) is 85.4.